The Morgan fingerprint density at radius 2 is 1.84 bits per heavy atom. The Morgan fingerprint density at radius 1 is 1.11 bits per heavy atom. The van der Waals surface area contributed by atoms with Crippen molar-refractivity contribution in [1.82, 2.24) is 5.32 Å². The number of ether oxygens (including phenoxy) is 1. The van der Waals surface area contributed by atoms with Gasteiger partial charge in [0, 0.05) is 6.42 Å². The number of rotatable bonds is 3. The third-order valence-electron chi connectivity index (χ3n) is 3.54. The van der Waals surface area contributed by atoms with Gasteiger partial charge in [-0.25, -0.2) is 4.39 Å². The molecular weight excluding hydrogens is 241 g/mol. The molecule has 3 rings (SSSR count). The summed E-state index contributed by atoms with van der Waals surface area (Å²) in [6, 6.07) is 13.0. The molecule has 1 aliphatic rings. The highest BCUT2D eigenvalue weighted by molar-refractivity contribution is 5.43. The lowest BCUT2D eigenvalue weighted by molar-refractivity contribution is 0.357. The Kier molecular flexibility index (Phi) is 3.22. The first-order chi connectivity index (χ1) is 9.28. The van der Waals surface area contributed by atoms with E-state index in [0.717, 1.165) is 24.3 Å². The smallest absolute Gasteiger partial charge is 0.123 e. The number of benzene rings is 2. The van der Waals surface area contributed by atoms with Gasteiger partial charge in [0.05, 0.1) is 12.6 Å². The van der Waals surface area contributed by atoms with Crippen LogP contribution in [-0.4, -0.2) is 13.7 Å². The summed E-state index contributed by atoms with van der Waals surface area (Å²) in [7, 11) is 1.91. The molecule has 0 aliphatic carbocycles. The molecule has 1 N–H and O–H groups in total. The van der Waals surface area contributed by atoms with Crippen molar-refractivity contribution in [1.29, 1.82) is 0 Å². The molecule has 0 spiro atoms. The van der Waals surface area contributed by atoms with Crippen molar-refractivity contribution in [3.63, 3.8) is 0 Å². The number of fused-ring (bicyclic) bond motifs is 1. The normalized spacial score (nSPS) is 14.8. The zero-order valence-electron chi connectivity index (χ0n) is 10.8. The Morgan fingerprint density at radius 3 is 2.58 bits per heavy atom. The van der Waals surface area contributed by atoms with Crippen molar-refractivity contribution in [3.8, 4) is 5.75 Å². The Labute approximate surface area is 112 Å². The van der Waals surface area contributed by atoms with Gasteiger partial charge in [-0.15, -0.1) is 0 Å². The summed E-state index contributed by atoms with van der Waals surface area (Å²) < 4.78 is 18.5. The maximum atomic E-state index is 13.0. The van der Waals surface area contributed by atoms with E-state index >= 15 is 0 Å². The lowest BCUT2D eigenvalue weighted by Gasteiger charge is -2.18. The van der Waals surface area contributed by atoms with Gasteiger partial charge >= 0.3 is 0 Å². The first-order valence-corrected chi connectivity index (χ1v) is 6.46. The van der Waals surface area contributed by atoms with E-state index in [1.165, 1.54) is 23.3 Å². The summed E-state index contributed by atoms with van der Waals surface area (Å²) in [5.74, 6) is 0.777. The fraction of sp³-hybridized carbons (Fsp3) is 0.250. The molecule has 2 aromatic carbocycles. The van der Waals surface area contributed by atoms with Crippen molar-refractivity contribution in [2.75, 3.05) is 13.7 Å². The van der Waals surface area contributed by atoms with Crippen molar-refractivity contribution in [3.05, 3.63) is 65.0 Å². The maximum absolute atomic E-state index is 13.0. The van der Waals surface area contributed by atoms with Crippen LogP contribution in [0.4, 0.5) is 4.39 Å². The molecule has 0 radical (unpaired) electrons. The molecule has 0 aromatic heterocycles. The number of nitrogens with one attached hydrogen (secondary N) is 1. The third-order valence-corrected chi connectivity index (χ3v) is 3.54. The highest BCUT2D eigenvalue weighted by atomic mass is 19.1. The van der Waals surface area contributed by atoms with Crippen molar-refractivity contribution >= 4 is 0 Å². The second-order valence-electron chi connectivity index (χ2n) is 4.74. The van der Waals surface area contributed by atoms with Crippen LogP contribution in [0, 0.1) is 5.82 Å². The lowest BCUT2D eigenvalue weighted by atomic mass is 9.96. The summed E-state index contributed by atoms with van der Waals surface area (Å²) in [5.41, 5.74) is 3.49. The van der Waals surface area contributed by atoms with E-state index in [9.17, 15) is 4.39 Å². The maximum Gasteiger partial charge on any atom is 0.123 e. The number of halogens is 1. The number of hydrogen-bond acceptors (Lipinski definition) is 2. The van der Waals surface area contributed by atoms with Crippen molar-refractivity contribution < 1.29 is 9.13 Å². The second-order valence-corrected chi connectivity index (χ2v) is 4.74. The summed E-state index contributed by atoms with van der Waals surface area (Å²) in [4.78, 5) is 0. The molecule has 1 heterocycles. The van der Waals surface area contributed by atoms with E-state index in [-0.39, 0.29) is 11.9 Å². The van der Waals surface area contributed by atoms with Gasteiger partial charge < -0.3 is 10.1 Å². The number of hydrogen-bond donors (Lipinski definition) is 1. The van der Waals surface area contributed by atoms with E-state index in [1.807, 2.05) is 25.2 Å². The average molecular weight is 257 g/mol. The summed E-state index contributed by atoms with van der Waals surface area (Å²) in [6.07, 6.45) is 0.961. The van der Waals surface area contributed by atoms with Gasteiger partial charge in [0.15, 0.2) is 0 Å². The average Bonchev–Trinajstić information content (AvgIpc) is 2.89. The summed E-state index contributed by atoms with van der Waals surface area (Å²) >= 11 is 0. The molecule has 1 aliphatic heterocycles. The van der Waals surface area contributed by atoms with Crippen molar-refractivity contribution in [2.45, 2.75) is 12.5 Å². The molecule has 2 nitrogen and oxygen atoms in total. The van der Waals surface area contributed by atoms with E-state index < -0.39 is 0 Å². The Balaban J connectivity index is 1.96. The van der Waals surface area contributed by atoms with Gasteiger partial charge in [0.25, 0.3) is 0 Å². The van der Waals surface area contributed by atoms with Gasteiger partial charge in [-0.05, 0) is 41.9 Å². The molecule has 2 aromatic rings. The predicted molar refractivity (Wildman–Crippen MR) is 72.9 cm³/mol. The SMILES string of the molecule is CNC(c1ccc(F)cc1)c1ccc2c(c1)CCO2. The minimum Gasteiger partial charge on any atom is -0.493 e. The van der Waals surface area contributed by atoms with Crippen LogP contribution < -0.4 is 10.1 Å². The fourth-order valence-electron chi connectivity index (χ4n) is 2.57. The van der Waals surface area contributed by atoms with Crippen LogP contribution >= 0.6 is 0 Å². The molecule has 1 unspecified atom stereocenters. The molecule has 3 heteroatoms. The zero-order valence-corrected chi connectivity index (χ0v) is 10.8. The third kappa shape index (κ3) is 2.34. The highest BCUT2D eigenvalue weighted by Crippen LogP contribution is 2.30. The van der Waals surface area contributed by atoms with Crippen LogP contribution in [0.15, 0.2) is 42.5 Å². The minimum atomic E-state index is -0.207. The van der Waals surface area contributed by atoms with Gasteiger partial charge in [-0.2, -0.15) is 0 Å². The molecule has 0 saturated heterocycles. The summed E-state index contributed by atoms with van der Waals surface area (Å²) in [5, 5.41) is 3.28. The van der Waals surface area contributed by atoms with Crippen LogP contribution in [0.25, 0.3) is 0 Å². The molecular formula is C16H16FNO. The van der Waals surface area contributed by atoms with E-state index in [1.54, 1.807) is 0 Å². The predicted octanol–water partition coefficient (Wildman–Crippen LogP) is 3.07. The zero-order chi connectivity index (χ0) is 13.2. The molecule has 0 bridgehead atoms. The molecule has 0 amide bonds. The molecule has 1 atom stereocenters. The van der Waals surface area contributed by atoms with Crippen LogP contribution in [-0.2, 0) is 6.42 Å². The Hall–Kier alpha value is -1.87. The van der Waals surface area contributed by atoms with Crippen molar-refractivity contribution in [2.24, 2.45) is 0 Å². The molecule has 0 saturated carbocycles. The monoisotopic (exact) mass is 257 g/mol. The van der Waals surface area contributed by atoms with Crippen LogP contribution in [0.5, 0.6) is 5.75 Å². The van der Waals surface area contributed by atoms with Crippen LogP contribution in [0.3, 0.4) is 0 Å². The van der Waals surface area contributed by atoms with Crippen LogP contribution in [0.1, 0.15) is 22.7 Å². The van der Waals surface area contributed by atoms with Gasteiger partial charge in [0.2, 0.25) is 0 Å². The van der Waals surface area contributed by atoms with Gasteiger partial charge in [-0.1, -0.05) is 24.3 Å². The van der Waals surface area contributed by atoms with Gasteiger partial charge in [-0.3, -0.25) is 0 Å². The van der Waals surface area contributed by atoms with Gasteiger partial charge in [0.1, 0.15) is 11.6 Å². The second kappa shape index (κ2) is 5.02. The van der Waals surface area contributed by atoms with E-state index in [2.05, 4.69) is 17.4 Å². The topological polar surface area (TPSA) is 21.3 Å². The standard InChI is InChI=1S/C16H16FNO/c1-18-16(11-2-5-14(17)6-3-11)13-4-7-15-12(10-13)8-9-19-15/h2-7,10,16,18H,8-9H2,1H3. The quantitative estimate of drug-likeness (QED) is 0.912. The van der Waals surface area contributed by atoms with E-state index in [0.29, 0.717) is 0 Å². The Bertz CT molecular complexity index is 580. The minimum absolute atomic E-state index is 0.0755. The largest absolute Gasteiger partial charge is 0.493 e. The molecule has 0 fully saturated rings. The summed E-state index contributed by atoms with van der Waals surface area (Å²) in [6.45, 7) is 0.763. The van der Waals surface area contributed by atoms with Crippen LogP contribution in [0.2, 0.25) is 0 Å². The fourth-order valence-corrected chi connectivity index (χ4v) is 2.57. The first-order valence-electron chi connectivity index (χ1n) is 6.46. The first kappa shape index (κ1) is 12.2. The lowest BCUT2D eigenvalue weighted by Crippen LogP contribution is -2.17. The highest BCUT2D eigenvalue weighted by Gasteiger charge is 2.17. The molecule has 98 valence electrons. The molecule has 19 heavy (non-hydrogen) atoms. The van der Waals surface area contributed by atoms with E-state index in [4.69, 9.17) is 4.74 Å².